The fourth-order valence-corrected chi connectivity index (χ4v) is 0.915. The molecule has 0 heterocycles. The molecule has 1 aromatic rings. The van der Waals surface area contributed by atoms with Crippen LogP contribution in [0.3, 0.4) is 0 Å². The van der Waals surface area contributed by atoms with Gasteiger partial charge >= 0.3 is 5.97 Å². The molecule has 12 heavy (non-hydrogen) atoms. The van der Waals surface area contributed by atoms with Gasteiger partial charge in [-0.25, -0.2) is 0 Å². The van der Waals surface area contributed by atoms with Crippen molar-refractivity contribution in [3.8, 4) is 5.75 Å². The van der Waals surface area contributed by atoms with E-state index in [1.54, 1.807) is 18.2 Å². The van der Waals surface area contributed by atoms with Gasteiger partial charge in [0.25, 0.3) is 0 Å². The lowest BCUT2D eigenvalue weighted by Gasteiger charge is -2.07. The number of hydrogen-bond acceptors (Lipinski definition) is 2. The highest BCUT2D eigenvalue weighted by atomic mass is 16.4. The van der Waals surface area contributed by atoms with Gasteiger partial charge in [-0.1, -0.05) is 18.2 Å². The van der Waals surface area contributed by atoms with Crippen LogP contribution in [-0.4, -0.2) is 16.2 Å². The molecule has 0 aliphatic carbocycles. The van der Waals surface area contributed by atoms with Crippen LogP contribution < -0.4 is 0 Å². The summed E-state index contributed by atoms with van der Waals surface area (Å²) in [7, 11) is 0. The Bertz CT molecular complexity index is 294. The number of rotatable bonds is 2. The van der Waals surface area contributed by atoms with Gasteiger partial charge in [0.15, 0.2) is 0 Å². The highest BCUT2D eigenvalue weighted by Crippen LogP contribution is 2.24. The minimum absolute atomic E-state index is 0.0279. The third kappa shape index (κ3) is 1.56. The van der Waals surface area contributed by atoms with Crippen LogP contribution in [0.2, 0.25) is 0 Å². The molecular formula is C9H9O3. The molecule has 0 saturated heterocycles. The van der Waals surface area contributed by atoms with E-state index in [1.807, 2.05) is 0 Å². The third-order valence-corrected chi connectivity index (χ3v) is 1.61. The van der Waals surface area contributed by atoms with E-state index in [0.29, 0.717) is 5.56 Å². The van der Waals surface area contributed by atoms with Crippen LogP contribution in [-0.2, 0) is 4.79 Å². The van der Waals surface area contributed by atoms with Crippen molar-refractivity contribution in [1.82, 2.24) is 0 Å². The molecule has 3 heteroatoms. The monoisotopic (exact) mass is 165 g/mol. The quantitative estimate of drug-likeness (QED) is 0.696. The largest absolute Gasteiger partial charge is 0.508 e. The van der Waals surface area contributed by atoms with Gasteiger partial charge in [0.2, 0.25) is 0 Å². The van der Waals surface area contributed by atoms with E-state index in [0.717, 1.165) is 0 Å². The van der Waals surface area contributed by atoms with Gasteiger partial charge in [0, 0.05) is 5.56 Å². The number of benzene rings is 1. The zero-order valence-electron chi connectivity index (χ0n) is 6.40. The second-order valence-corrected chi connectivity index (χ2v) is 2.45. The first-order valence-corrected chi connectivity index (χ1v) is 3.46. The van der Waals surface area contributed by atoms with Crippen molar-refractivity contribution in [3.05, 3.63) is 36.8 Å². The Morgan fingerprint density at radius 1 is 1.42 bits per heavy atom. The summed E-state index contributed by atoms with van der Waals surface area (Å²) in [5.41, 5.74) is 0.338. The number of carboxylic acids is 1. The lowest BCUT2D eigenvalue weighted by Crippen LogP contribution is -2.07. The number of phenols is 1. The highest BCUT2D eigenvalue weighted by molar-refractivity contribution is 5.77. The van der Waals surface area contributed by atoms with E-state index < -0.39 is 11.9 Å². The van der Waals surface area contributed by atoms with Crippen molar-refractivity contribution in [2.75, 3.05) is 0 Å². The van der Waals surface area contributed by atoms with Gasteiger partial charge in [0.1, 0.15) is 5.75 Å². The number of aliphatic carboxylic acids is 1. The minimum atomic E-state index is -1.04. The number of carbonyl (C=O) groups is 1. The topological polar surface area (TPSA) is 57.5 Å². The molecule has 1 atom stereocenters. The van der Waals surface area contributed by atoms with E-state index in [-0.39, 0.29) is 5.75 Å². The molecule has 0 bridgehead atoms. The van der Waals surface area contributed by atoms with Crippen LogP contribution in [0.4, 0.5) is 0 Å². The van der Waals surface area contributed by atoms with Crippen molar-refractivity contribution in [2.24, 2.45) is 0 Å². The Kier molecular flexibility index (Phi) is 2.33. The third-order valence-electron chi connectivity index (χ3n) is 1.61. The van der Waals surface area contributed by atoms with Crippen molar-refractivity contribution in [1.29, 1.82) is 0 Å². The van der Waals surface area contributed by atoms with E-state index in [1.165, 1.54) is 6.07 Å². The van der Waals surface area contributed by atoms with E-state index in [2.05, 4.69) is 6.92 Å². The summed E-state index contributed by atoms with van der Waals surface area (Å²) in [6.07, 6.45) is 0. The number of aromatic hydroxyl groups is 1. The number of para-hydroxylation sites is 1. The SMILES string of the molecule is [CH2]C(C(=O)O)c1ccccc1O. The Labute approximate surface area is 70.3 Å². The number of hydrogen-bond donors (Lipinski definition) is 2. The van der Waals surface area contributed by atoms with Crippen LogP contribution in [0.25, 0.3) is 0 Å². The Balaban J connectivity index is 3.02. The van der Waals surface area contributed by atoms with E-state index in [4.69, 9.17) is 5.11 Å². The van der Waals surface area contributed by atoms with Gasteiger partial charge in [-0.3, -0.25) is 4.79 Å². The maximum atomic E-state index is 10.5. The summed E-state index contributed by atoms with van der Waals surface area (Å²) >= 11 is 0. The first kappa shape index (κ1) is 8.59. The first-order chi connectivity index (χ1) is 5.63. The van der Waals surface area contributed by atoms with Crippen LogP contribution >= 0.6 is 0 Å². The first-order valence-electron chi connectivity index (χ1n) is 3.46. The van der Waals surface area contributed by atoms with E-state index in [9.17, 15) is 9.90 Å². The van der Waals surface area contributed by atoms with Crippen molar-refractivity contribution in [2.45, 2.75) is 5.92 Å². The Morgan fingerprint density at radius 2 is 2.00 bits per heavy atom. The average Bonchev–Trinajstić information content (AvgIpc) is 2.04. The molecule has 3 nitrogen and oxygen atoms in total. The molecule has 0 aromatic heterocycles. The molecular weight excluding hydrogens is 156 g/mol. The molecule has 0 aliphatic heterocycles. The van der Waals surface area contributed by atoms with Gasteiger partial charge in [-0.15, -0.1) is 0 Å². The summed E-state index contributed by atoms with van der Waals surface area (Å²) in [4.78, 5) is 10.5. The zero-order chi connectivity index (χ0) is 9.14. The van der Waals surface area contributed by atoms with E-state index >= 15 is 0 Å². The summed E-state index contributed by atoms with van der Waals surface area (Å²) < 4.78 is 0. The summed E-state index contributed by atoms with van der Waals surface area (Å²) in [6, 6.07) is 6.28. The fraction of sp³-hybridized carbons (Fsp3) is 0.111. The van der Waals surface area contributed by atoms with Gasteiger partial charge in [-0.05, 0) is 13.0 Å². The lowest BCUT2D eigenvalue weighted by molar-refractivity contribution is -0.137. The highest BCUT2D eigenvalue weighted by Gasteiger charge is 2.16. The molecule has 0 aliphatic rings. The second kappa shape index (κ2) is 3.26. The molecule has 0 spiro atoms. The van der Waals surface area contributed by atoms with Gasteiger partial charge < -0.3 is 10.2 Å². The van der Waals surface area contributed by atoms with Crippen LogP contribution in [0.1, 0.15) is 11.5 Å². The van der Waals surface area contributed by atoms with Gasteiger partial charge in [0.05, 0.1) is 5.92 Å². The summed E-state index contributed by atoms with van der Waals surface area (Å²) in [6.45, 7) is 3.41. The van der Waals surface area contributed by atoms with Crippen LogP contribution in [0, 0.1) is 6.92 Å². The predicted molar refractivity (Wildman–Crippen MR) is 43.8 cm³/mol. The Hall–Kier alpha value is -1.51. The molecule has 1 aromatic carbocycles. The molecule has 1 rings (SSSR count). The number of phenolic OH excluding ortho intramolecular Hbond substituents is 1. The predicted octanol–water partition coefficient (Wildman–Crippen LogP) is 1.39. The molecule has 0 amide bonds. The van der Waals surface area contributed by atoms with Crippen molar-refractivity contribution >= 4 is 5.97 Å². The standard InChI is InChI=1S/C9H9O3/c1-6(9(11)12)7-4-2-3-5-8(7)10/h2-6,10H,1H2,(H,11,12). The van der Waals surface area contributed by atoms with Crippen molar-refractivity contribution < 1.29 is 15.0 Å². The molecule has 1 radical (unpaired) electrons. The fourth-order valence-electron chi connectivity index (χ4n) is 0.915. The molecule has 0 fully saturated rings. The Morgan fingerprint density at radius 3 is 2.50 bits per heavy atom. The maximum Gasteiger partial charge on any atom is 0.311 e. The molecule has 2 N–H and O–H groups in total. The molecule has 63 valence electrons. The summed E-state index contributed by atoms with van der Waals surface area (Å²) in [5, 5.41) is 17.8. The summed E-state index contributed by atoms with van der Waals surface area (Å²) in [5.74, 6) is -1.98. The normalized spacial score (nSPS) is 12.4. The van der Waals surface area contributed by atoms with Gasteiger partial charge in [-0.2, -0.15) is 0 Å². The molecule has 0 saturated carbocycles. The number of carboxylic acid groups (broad SMARTS) is 1. The molecule has 1 unspecified atom stereocenters. The van der Waals surface area contributed by atoms with Crippen molar-refractivity contribution in [3.63, 3.8) is 0 Å². The zero-order valence-corrected chi connectivity index (χ0v) is 6.40. The smallest absolute Gasteiger partial charge is 0.311 e. The second-order valence-electron chi connectivity index (χ2n) is 2.45. The van der Waals surface area contributed by atoms with Crippen LogP contribution in [0.5, 0.6) is 5.75 Å². The lowest BCUT2D eigenvalue weighted by atomic mass is 10.0. The van der Waals surface area contributed by atoms with Crippen LogP contribution in [0.15, 0.2) is 24.3 Å². The average molecular weight is 165 g/mol. The maximum absolute atomic E-state index is 10.5. The minimum Gasteiger partial charge on any atom is -0.508 e.